The summed E-state index contributed by atoms with van der Waals surface area (Å²) in [6.07, 6.45) is 1.97. The van der Waals surface area contributed by atoms with E-state index in [4.69, 9.17) is 0 Å². The lowest BCUT2D eigenvalue weighted by Crippen LogP contribution is -2.15. The van der Waals surface area contributed by atoms with E-state index >= 15 is 0 Å². The Hall–Kier alpha value is -1.95. The van der Waals surface area contributed by atoms with Crippen LogP contribution in [-0.4, -0.2) is 18.4 Å². The van der Waals surface area contributed by atoms with Crippen LogP contribution < -0.4 is 4.72 Å². The number of rotatable bonds is 5. The Morgan fingerprint density at radius 1 is 1.05 bits per heavy atom. The van der Waals surface area contributed by atoms with Crippen molar-refractivity contribution in [2.45, 2.75) is 38.5 Å². The van der Waals surface area contributed by atoms with E-state index in [-0.39, 0.29) is 10.8 Å². The smallest absolute Gasteiger partial charge is 0.247 e. The molecule has 0 unspecified atom stereocenters. The molecule has 0 aliphatic rings. The van der Waals surface area contributed by atoms with E-state index in [9.17, 15) is 8.42 Å². The van der Waals surface area contributed by atoms with E-state index in [1.165, 1.54) is 0 Å². The van der Waals surface area contributed by atoms with Gasteiger partial charge in [-0.1, -0.05) is 25.5 Å². The van der Waals surface area contributed by atoms with Crippen LogP contribution in [0.2, 0.25) is 0 Å². The van der Waals surface area contributed by atoms with Gasteiger partial charge in [0.25, 0.3) is 10.0 Å². The van der Waals surface area contributed by atoms with Gasteiger partial charge in [0.05, 0.1) is 4.90 Å². The monoisotopic (exact) mass is 305 g/mol. The molecule has 0 aliphatic carbocycles. The predicted molar refractivity (Wildman–Crippen MR) is 82.8 cm³/mol. The normalized spacial score (nSPS) is 11.4. The Balaban J connectivity index is 2.25. The van der Waals surface area contributed by atoms with Crippen LogP contribution in [0.3, 0.4) is 0 Å². The molecule has 1 aromatic carbocycles. The fourth-order valence-corrected chi connectivity index (χ4v) is 3.02. The number of nitrogens with one attached hydrogen (secondary N) is 1. The van der Waals surface area contributed by atoms with Gasteiger partial charge in [-0.3, -0.25) is 0 Å². The molecule has 0 fully saturated rings. The molecule has 21 heavy (non-hydrogen) atoms. The Labute approximate surface area is 125 Å². The summed E-state index contributed by atoms with van der Waals surface area (Å²) in [5.41, 5.74) is 2.57. The molecule has 6 heteroatoms. The highest BCUT2D eigenvalue weighted by atomic mass is 32.2. The van der Waals surface area contributed by atoms with Gasteiger partial charge in [0.2, 0.25) is 5.95 Å². The minimum atomic E-state index is -3.65. The molecule has 1 aromatic heterocycles. The summed E-state index contributed by atoms with van der Waals surface area (Å²) in [7, 11) is -3.65. The Morgan fingerprint density at radius 2 is 1.62 bits per heavy atom. The first-order valence-electron chi connectivity index (χ1n) is 6.85. The fraction of sp³-hybridized carbons (Fsp3) is 0.333. The van der Waals surface area contributed by atoms with Gasteiger partial charge in [-0.25, -0.2) is 23.1 Å². The summed E-state index contributed by atoms with van der Waals surface area (Å²) in [5, 5.41) is 0. The summed E-state index contributed by atoms with van der Waals surface area (Å²) >= 11 is 0. The third-order valence-electron chi connectivity index (χ3n) is 2.98. The molecule has 0 spiro atoms. The lowest BCUT2D eigenvalue weighted by atomic mass is 10.1. The molecule has 1 heterocycles. The summed E-state index contributed by atoms with van der Waals surface area (Å²) in [6.45, 7) is 5.68. The molecule has 0 aliphatic heterocycles. The number of sulfonamides is 1. The number of aromatic nitrogens is 2. The van der Waals surface area contributed by atoms with Crippen LogP contribution in [0.15, 0.2) is 35.2 Å². The Morgan fingerprint density at radius 3 is 2.14 bits per heavy atom. The topological polar surface area (TPSA) is 72.0 Å². The maximum absolute atomic E-state index is 12.3. The quantitative estimate of drug-likeness (QED) is 0.922. The average molecular weight is 305 g/mol. The highest BCUT2D eigenvalue weighted by Gasteiger charge is 2.15. The second-order valence-electron chi connectivity index (χ2n) is 4.97. The molecule has 0 saturated carbocycles. The van der Waals surface area contributed by atoms with Crippen molar-refractivity contribution in [3.63, 3.8) is 0 Å². The van der Waals surface area contributed by atoms with Gasteiger partial charge in [-0.15, -0.1) is 0 Å². The molecule has 2 rings (SSSR count). The van der Waals surface area contributed by atoms with E-state index in [1.807, 2.05) is 12.1 Å². The summed E-state index contributed by atoms with van der Waals surface area (Å²) in [6, 6.07) is 8.67. The number of hydrogen-bond acceptors (Lipinski definition) is 4. The molecule has 0 bridgehead atoms. The zero-order valence-corrected chi connectivity index (χ0v) is 13.2. The van der Waals surface area contributed by atoms with Gasteiger partial charge in [0.15, 0.2) is 0 Å². The van der Waals surface area contributed by atoms with Crippen LogP contribution in [0.1, 0.15) is 30.3 Å². The van der Waals surface area contributed by atoms with Crippen molar-refractivity contribution in [2.75, 3.05) is 4.72 Å². The van der Waals surface area contributed by atoms with Gasteiger partial charge in [-0.2, -0.15) is 0 Å². The maximum atomic E-state index is 12.3. The number of nitrogens with zero attached hydrogens (tertiary/aromatic N) is 2. The molecule has 112 valence electrons. The first-order chi connectivity index (χ1) is 9.90. The molecular formula is C15H19N3O2S. The van der Waals surface area contributed by atoms with E-state index in [0.717, 1.165) is 29.8 Å². The van der Waals surface area contributed by atoms with Crippen LogP contribution in [0.5, 0.6) is 0 Å². The molecule has 0 amide bonds. The third-order valence-corrected chi connectivity index (χ3v) is 4.32. The van der Waals surface area contributed by atoms with E-state index in [1.54, 1.807) is 32.0 Å². The van der Waals surface area contributed by atoms with Crippen LogP contribution in [0.4, 0.5) is 5.95 Å². The molecule has 5 nitrogen and oxygen atoms in total. The molecule has 0 saturated heterocycles. The highest BCUT2D eigenvalue weighted by molar-refractivity contribution is 7.92. The zero-order chi connectivity index (χ0) is 15.5. The molecule has 0 atom stereocenters. The predicted octanol–water partition coefficient (Wildman–Crippen LogP) is 2.85. The van der Waals surface area contributed by atoms with Crippen LogP contribution in [0.25, 0.3) is 0 Å². The van der Waals surface area contributed by atoms with Crippen molar-refractivity contribution >= 4 is 16.0 Å². The number of aryl methyl sites for hydroxylation is 3. The highest BCUT2D eigenvalue weighted by Crippen LogP contribution is 2.15. The number of anilines is 1. The van der Waals surface area contributed by atoms with Crippen molar-refractivity contribution in [2.24, 2.45) is 0 Å². The standard InChI is InChI=1S/C15H19N3O2S/c1-4-5-13-6-8-14(9-7-13)21(19,20)18-15-16-11(2)10-12(3)17-15/h6-10H,4-5H2,1-3H3,(H,16,17,18). The largest absolute Gasteiger partial charge is 0.264 e. The van der Waals surface area contributed by atoms with Crippen molar-refractivity contribution in [3.05, 3.63) is 47.3 Å². The first-order valence-corrected chi connectivity index (χ1v) is 8.33. The summed E-state index contributed by atoms with van der Waals surface area (Å²) in [5.74, 6) is 0.102. The lowest BCUT2D eigenvalue weighted by molar-refractivity contribution is 0.600. The molecule has 1 N–H and O–H groups in total. The van der Waals surface area contributed by atoms with Crippen LogP contribution >= 0.6 is 0 Å². The van der Waals surface area contributed by atoms with E-state index in [0.29, 0.717) is 0 Å². The lowest BCUT2D eigenvalue weighted by Gasteiger charge is -2.08. The third kappa shape index (κ3) is 4.01. The zero-order valence-electron chi connectivity index (χ0n) is 12.4. The fourth-order valence-electron chi connectivity index (χ4n) is 2.07. The minimum Gasteiger partial charge on any atom is -0.247 e. The van der Waals surface area contributed by atoms with Gasteiger partial charge < -0.3 is 0 Å². The minimum absolute atomic E-state index is 0.102. The van der Waals surface area contributed by atoms with Gasteiger partial charge in [-0.05, 0) is 44.0 Å². The number of hydrogen-bond donors (Lipinski definition) is 1. The Bertz CT molecular complexity index is 705. The van der Waals surface area contributed by atoms with Crippen molar-refractivity contribution in [1.29, 1.82) is 0 Å². The van der Waals surface area contributed by atoms with E-state index in [2.05, 4.69) is 21.6 Å². The second kappa shape index (κ2) is 6.22. The van der Waals surface area contributed by atoms with Gasteiger partial charge in [0.1, 0.15) is 0 Å². The average Bonchev–Trinajstić information content (AvgIpc) is 2.38. The van der Waals surface area contributed by atoms with Crippen LogP contribution in [-0.2, 0) is 16.4 Å². The SMILES string of the molecule is CCCc1ccc(S(=O)(=O)Nc2nc(C)cc(C)n2)cc1. The molecule has 2 aromatic rings. The number of benzene rings is 1. The van der Waals surface area contributed by atoms with Gasteiger partial charge >= 0.3 is 0 Å². The maximum Gasteiger partial charge on any atom is 0.264 e. The molecular weight excluding hydrogens is 286 g/mol. The van der Waals surface area contributed by atoms with Crippen molar-refractivity contribution < 1.29 is 8.42 Å². The van der Waals surface area contributed by atoms with Crippen molar-refractivity contribution in [1.82, 2.24) is 9.97 Å². The Kier molecular flexibility index (Phi) is 4.57. The van der Waals surface area contributed by atoms with Gasteiger partial charge in [0, 0.05) is 11.4 Å². The van der Waals surface area contributed by atoms with Crippen molar-refractivity contribution in [3.8, 4) is 0 Å². The molecule has 0 radical (unpaired) electrons. The second-order valence-corrected chi connectivity index (χ2v) is 6.66. The van der Waals surface area contributed by atoms with E-state index < -0.39 is 10.0 Å². The summed E-state index contributed by atoms with van der Waals surface area (Å²) in [4.78, 5) is 8.39. The van der Waals surface area contributed by atoms with Crippen LogP contribution in [0, 0.1) is 13.8 Å². The summed E-state index contributed by atoms with van der Waals surface area (Å²) < 4.78 is 27.0. The first kappa shape index (κ1) is 15.4.